The molecule has 186 valence electrons. The zero-order valence-corrected chi connectivity index (χ0v) is 20.9. The molecule has 0 saturated carbocycles. The standard InChI is InChI=1S/C28H24ClN5O3/c1-17-24(28(36)33-21-11-13-22(37-2)14-12-21)25(18-7-6-8-19(29)15-18)34-26(31-17)23(16-30-34)27(35)32-20-9-4-3-5-10-20/h3-16,25,31H,1-2H3,(H,32,35)(H,33,36)/t25-/m1/s1. The predicted molar refractivity (Wildman–Crippen MR) is 144 cm³/mol. The van der Waals surface area contributed by atoms with E-state index in [0.29, 0.717) is 44.8 Å². The van der Waals surface area contributed by atoms with E-state index >= 15 is 0 Å². The van der Waals surface area contributed by atoms with Crippen LogP contribution in [0, 0.1) is 0 Å². The van der Waals surface area contributed by atoms with Gasteiger partial charge in [-0.3, -0.25) is 9.59 Å². The number of aromatic nitrogens is 2. The van der Waals surface area contributed by atoms with Crippen LogP contribution in [0.1, 0.15) is 28.9 Å². The van der Waals surface area contributed by atoms with Gasteiger partial charge in [-0.15, -0.1) is 0 Å². The summed E-state index contributed by atoms with van der Waals surface area (Å²) in [5.41, 5.74) is 3.44. The van der Waals surface area contributed by atoms with Crippen molar-refractivity contribution in [2.24, 2.45) is 0 Å². The Hall–Kier alpha value is -4.56. The highest BCUT2D eigenvalue weighted by atomic mass is 35.5. The Kier molecular flexibility index (Phi) is 6.66. The van der Waals surface area contributed by atoms with E-state index in [-0.39, 0.29) is 11.8 Å². The molecular weight excluding hydrogens is 490 g/mol. The van der Waals surface area contributed by atoms with Gasteiger partial charge in [-0.25, -0.2) is 4.68 Å². The van der Waals surface area contributed by atoms with Gasteiger partial charge in [0.2, 0.25) is 0 Å². The smallest absolute Gasteiger partial charge is 0.261 e. The van der Waals surface area contributed by atoms with Crippen LogP contribution in [-0.4, -0.2) is 28.7 Å². The summed E-state index contributed by atoms with van der Waals surface area (Å²) in [6.45, 7) is 1.80. The molecule has 5 rings (SSSR count). The molecule has 0 aliphatic carbocycles. The van der Waals surface area contributed by atoms with Crippen molar-refractivity contribution in [3.05, 3.63) is 112 Å². The van der Waals surface area contributed by atoms with E-state index in [1.54, 1.807) is 55.1 Å². The van der Waals surface area contributed by atoms with Crippen LogP contribution < -0.4 is 20.7 Å². The lowest BCUT2D eigenvalue weighted by Crippen LogP contribution is -2.32. The van der Waals surface area contributed by atoms with Crippen LogP contribution in [0.15, 0.2) is 96.3 Å². The molecule has 0 saturated heterocycles. The Bertz CT molecular complexity index is 1500. The number of halogens is 1. The molecular formula is C28H24ClN5O3. The number of carbonyl (C=O) groups excluding carboxylic acids is 2. The van der Waals surface area contributed by atoms with Crippen LogP contribution in [0.25, 0.3) is 0 Å². The molecule has 9 heteroatoms. The van der Waals surface area contributed by atoms with Gasteiger partial charge < -0.3 is 20.7 Å². The van der Waals surface area contributed by atoms with E-state index in [9.17, 15) is 9.59 Å². The lowest BCUT2D eigenvalue weighted by molar-refractivity contribution is -0.113. The van der Waals surface area contributed by atoms with Crippen molar-refractivity contribution >= 4 is 40.6 Å². The van der Waals surface area contributed by atoms with Crippen LogP contribution in [-0.2, 0) is 4.79 Å². The topological polar surface area (TPSA) is 97.3 Å². The number of amides is 2. The maximum Gasteiger partial charge on any atom is 0.261 e. The monoisotopic (exact) mass is 513 g/mol. The van der Waals surface area contributed by atoms with E-state index in [1.165, 1.54) is 6.20 Å². The normalized spacial score (nSPS) is 14.4. The largest absolute Gasteiger partial charge is 0.497 e. The average molecular weight is 514 g/mol. The molecule has 0 unspecified atom stereocenters. The summed E-state index contributed by atoms with van der Waals surface area (Å²) in [5.74, 6) is 0.546. The Labute approximate surface area is 218 Å². The molecule has 4 aromatic rings. The van der Waals surface area contributed by atoms with Gasteiger partial charge in [0.15, 0.2) is 0 Å². The van der Waals surface area contributed by atoms with Gasteiger partial charge in [0.25, 0.3) is 11.8 Å². The van der Waals surface area contributed by atoms with Crippen molar-refractivity contribution in [2.45, 2.75) is 13.0 Å². The molecule has 0 radical (unpaired) electrons. The van der Waals surface area contributed by atoms with E-state index < -0.39 is 6.04 Å². The molecule has 8 nitrogen and oxygen atoms in total. The number of methoxy groups -OCH3 is 1. The summed E-state index contributed by atoms with van der Waals surface area (Å²) < 4.78 is 6.84. The Morgan fingerprint density at radius 1 is 0.946 bits per heavy atom. The lowest BCUT2D eigenvalue weighted by atomic mass is 9.94. The molecule has 1 aliphatic rings. The Balaban J connectivity index is 1.53. The molecule has 37 heavy (non-hydrogen) atoms. The number of carbonyl (C=O) groups is 2. The second-order valence-corrected chi connectivity index (χ2v) is 8.91. The third kappa shape index (κ3) is 4.92. The van der Waals surface area contributed by atoms with Gasteiger partial charge in [-0.2, -0.15) is 5.10 Å². The summed E-state index contributed by atoms with van der Waals surface area (Å²) in [7, 11) is 1.58. The third-order valence-electron chi connectivity index (χ3n) is 6.06. The van der Waals surface area contributed by atoms with E-state index in [4.69, 9.17) is 16.3 Å². The first-order chi connectivity index (χ1) is 17.9. The molecule has 1 aliphatic heterocycles. The molecule has 0 bridgehead atoms. The fourth-order valence-electron chi connectivity index (χ4n) is 4.29. The minimum atomic E-state index is -0.619. The molecule has 2 amide bonds. The summed E-state index contributed by atoms with van der Waals surface area (Å²) in [4.78, 5) is 26.7. The maximum absolute atomic E-state index is 13.6. The van der Waals surface area contributed by atoms with E-state index in [1.807, 2.05) is 42.5 Å². The molecule has 1 aromatic heterocycles. The van der Waals surface area contributed by atoms with Crippen LogP contribution in [0.4, 0.5) is 17.2 Å². The van der Waals surface area contributed by atoms with Gasteiger partial charge in [0.05, 0.1) is 18.9 Å². The first kappa shape index (κ1) is 24.1. The van der Waals surface area contributed by atoms with Crippen LogP contribution in [0.3, 0.4) is 0 Å². The zero-order chi connectivity index (χ0) is 25.9. The van der Waals surface area contributed by atoms with Gasteiger partial charge >= 0.3 is 0 Å². The molecule has 3 N–H and O–H groups in total. The maximum atomic E-state index is 13.6. The van der Waals surface area contributed by atoms with Crippen molar-refractivity contribution in [1.29, 1.82) is 0 Å². The number of anilines is 3. The van der Waals surface area contributed by atoms with Crippen molar-refractivity contribution in [3.8, 4) is 5.75 Å². The summed E-state index contributed by atoms with van der Waals surface area (Å²) >= 11 is 6.32. The minimum Gasteiger partial charge on any atom is -0.497 e. The van der Waals surface area contributed by atoms with Crippen LogP contribution in [0.2, 0.25) is 5.02 Å². The highest BCUT2D eigenvalue weighted by Crippen LogP contribution is 2.38. The molecule has 0 fully saturated rings. The predicted octanol–water partition coefficient (Wildman–Crippen LogP) is 5.73. The summed E-state index contributed by atoms with van der Waals surface area (Å²) in [5, 5.41) is 14.1. The number of benzene rings is 3. The zero-order valence-electron chi connectivity index (χ0n) is 20.2. The number of para-hydroxylation sites is 1. The van der Waals surface area contributed by atoms with Gasteiger partial charge in [0.1, 0.15) is 23.2 Å². The van der Waals surface area contributed by atoms with Crippen molar-refractivity contribution < 1.29 is 14.3 Å². The second kappa shape index (κ2) is 10.2. The minimum absolute atomic E-state index is 0.309. The molecule has 1 atom stereocenters. The van der Waals surface area contributed by atoms with Crippen molar-refractivity contribution in [3.63, 3.8) is 0 Å². The summed E-state index contributed by atoms with van der Waals surface area (Å²) in [6, 6.07) is 22.9. The van der Waals surface area contributed by atoms with Crippen molar-refractivity contribution in [1.82, 2.24) is 9.78 Å². The lowest BCUT2D eigenvalue weighted by Gasteiger charge is -2.30. The number of nitrogens with one attached hydrogen (secondary N) is 3. The fraction of sp³-hybridized carbons (Fsp3) is 0.107. The Morgan fingerprint density at radius 3 is 2.35 bits per heavy atom. The average Bonchev–Trinajstić information content (AvgIpc) is 3.32. The summed E-state index contributed by atoms with van der Waals surface area (Å²) in [6.07, 6.45) is 1.50. The highest BCUT2D eigenvalue weighted by Gasteiger charge is 2.35. The van der Waals surface area contributed by atoms with Crippen LogP contribution in [0.5, 0.6) is 5.75 Å². The van der Waals surface area contributed by atoms with Crippen LogP contribution >= 0.6 is 11.6 Å². The third-order valence-corrected chi connectivity index (χ3v) is 6.29. The van der Waals surface area contributed by atoms with E-state index in [0.717, 1.165) is 5.56 Å². The first-order valence-electron chi connectivity index (χ1n) is 11.6. The van der Waals surface area contributed by atoms with Gasteiger partial charge in [-0.05, 0) is 61.0 Å². The second-order valence-electron chi connectivity index (χ2n) is 8.48. The van der Waals surface area contributed by atoms with Gasteiger partial charge in [-0.1, -0.05) is 41.9 Å². The number of nitrogens with zero attached hydrogens (tertiary/aromatic N) is 2. The quantitative estimate of drug-likeness (QED) is 0.306. The number of hydrogen-bond donors (Lipinski definition) is 3. The molecule has 0 spiro atoms. The van der Waals surface area contributed by atoms with Gasteiger partial charge in [0, 0.05) is 22.1 Å². The number of fused-ring (bicyclic) bond motifs is 1. The van der Waals surface area contributed by atoms with Crippen molar-refractivity contribution in [2.75, 3.05) is 23.1 Å². The molecule has 3 aromatic carbocycles. The van der Waals surface area contributed by atoms with E-state index in [2.05, 4.69) is 21.0 Å². The highest BCUT2D eigenvalue weighted by molar-refractivity contribution is 6.30. The number of rotatable bonds is 6. The first-order valence-corrected chi connectivity index (χ1v) is 11.9. The SMILES string of the molecule is COc1ccc(NC(=O)C2=C(C)Nc3c(C(=O)Nc4ccccc4)cnn3[C@@H]2c2cccc(Cl)c2)cc1. The Morgan fingerprint density at radius 2 is 1.65 bits per heavy atom. The molecule has 2 heterocycles. The number of ether oxygens (including phenoxy) is 1. The fourth-order valence-corrected chi connectivity index (χ4v) is 4.49. The number of hydrogen-bond acceptors (Lipinski definition) is 5. The number of allylic oxidation sites excluding steroid dienone is 1.